The van der Waals surface area contributed by atoms with E-state index in [0.29, 0.717) is 0 Å². The predicted molar refractivity (Wildman–Crippen MR) is 233 cm³/mol. The maximum absolute atomic E-state index is 6.71. The van der Waals surface area contributed by atoms with Gasteiger partial charge in [-0.25, -0.2) is 0 Å². The van der Waals surface area contributed by atoms with Gasteiger partial charge >= 0.3 is 0 Å². The van der Waals surface area contributed by atoms with Crippen molar-refractivity contribution in [1.29, 1.82) is 0 Å². The summed E-state index contributed by atoms with van der Waals surface area (Å²) in [4.78, 5) is 2.38. The van der Waals surface area contributed by atoms with Crippen LogP contribution in [0.3, 0.4) is 0 Å². The van der Waals surface area contributed by atoms with Gasteiger partial charge in [0.25, 0.3) is 0 Å². The zero-order valence-electron chi connectivity index (χ0n) is 30.2. The molecule has 1 aliphatic heterocycles. The Morgan fingerprint density at radius 1 is 0.345 bits per heavy atom. The number of hydrogen-bond donors (Lipinski definition) is 0. The quantitative estimate of drug-likeness (QED) is 0.152. The van der Waals surface area contributed by atoms with E-state index in [9.17, 15) is 0 Å². The summed E-state index contributed by atoms with van der Waals surface area (Å²) in [6.07, 6.45) is 0. The number of ether oxygens (including phenoxy) is 1. The molecule has 0 atom stereocenters. The van der Waals surface area contributed by atoms with Crippen molar-refractivity contribution < 1.29 is 4.74 Å². The second-order valence-corrected chi connectivity index (χ2v) is 17.8. The highest BCUT2D eigenvalue weighted by atomic mass is 28.3. The van der Waals surface area contributed by atoms with Crippen molar-refractivity contribution in [3.05, 3.63) is 224 Å². The first kappa shape index (κ1) is 32.7. The van der Waals surface area contributed by atoms with Crippen molar-refractivity contribution in [2.45, 2.75) is 0 Å². The minimum atomic E-state index is -2.75. The SMILES string of the molecule is c1ccc(-c2ccc(N(c3ccc(-c4ccc5c(c4)[Si](c4ccccc4)(c4ccccc4)c4ccccc4O5)cc3)c3cccc4ccccc34)cc2)cc1. The molecule has 260 valence electrons. The molecule has 0 bridgehead atoms. The lowest BCUT2D eigenvalue weighted by Crippen LogP contribution is -2.76. The van der Waals surface area contributed by atoms with E-state index in [1.165, 1.54) is 48.2 Å². The largest absolute Gasteiger partial charge is 0.458 e. The Bertz CT molecular complexity index is 2720. The van der Waals surface area contributed by atoms with Crippen LogP contribution in [0.5, 0.6) is 11.5 Å². The molecule has 0 saturated carbocycles. The summed E-state index contributed by atoms with van der Waals surface area (Å²) in [6, 6.07) is 81.3. The number of para-hydroxylation sites is 1. The van der Waals surface area contributed by atoms with Crippen LogP contribution >= 0.6 is 0 Å². The van der Waals surface area contributed by atoms with Gasteiger partial charge in [0.1, 0.15) is 11.5 Å². The smallest absolute Gasteiger partial charge is 0.188 e. The van der Waals surface area contributed by atoms with Gasteiger partial charge < -0.3 is 9.64 Å². The highest BCUT2D eigenvalue weighted by Gasteiger charge is 2.47. The molecule has 3 heteroatoms. The summed E-state index contributed by atoms with van der Waals surface area (Å²) in [5.74, 6) is 1.87. The summed E-state index contributed by atoms with van der Waals surface area (Å²) in [5.41, 5.74) is 8.08. The minimum Gasteiger partial charge on any atom is -0.458 e. The Labute approximate surface area is 323 Å². The zero-order valence-corrected chi connectivity index (χ0v) is 31.2. The van der Waals surface area contributed by atoms with Crippen LogP contribution in [-0.4, -0.2) is 8.07 Å². The fourth-order valence-corrected chi connectivity index (χ4v) is 13.4. The van der Waals surface area contributed by atoms with E-state index < -0.39 is 8.07 Å². The van der Waals surface area contributed by atoms with E-state index in [1.807, 2.05) is 0 Å². The maximum Gasteiger partial charge on any atom is 0.188 e. The number of nitrogens with zero attached hydrogens (tertiary/aromatic N) is 1. The first-order chi connectivity index (χ1) is 27.3. The highest BCUT2D eigenvalue weighted by Crippen LogP contribution is 2.40. The molecule has 9 aromatic rings. The molecule has 0 N–H and O–H groups in total. The van der Waals surface area contributed by atoms with Gasteiger partial charge in [0.05, 0.1) is 5.69 Å². The van der Waals surface area contributed by atoms with Gasteiger partial charge in [-0.1, -0.05) is 182 Å². The number of anilines is 3. The lowest BCUT2D eigenvalue weighted by Gasteiger charge is -2.39. The summed E-state index contributed by atoms with van der Waals surface area (Å²) in [5, 5.41) is 7.64. The Balaban J connectivity index is 1.10. The Morgan fingerprint density at radius 3 is 1.51 bits per heavy atom. The first-order valence-corrected chi connectivity index (χ1v) is 20.8. The van der Waals surface area contributed by atoms with Gasteiger partial charge in [-0.2, -0.15) is 0 Å². The monoisotopic (exact) mass is 719 g/mol. The molecule has 10 rings (SSSR count). The van der Waals surface area contributed by atoms with Crippen LogP contribution in [-0.2, 0) is 0 Å². The van der Waals surface area contributed by atoms with Gasteiger partial charge in [0.2, 0.25) is 0 Å². The van der Waals surface area contributed by atoms with Gasteiger partial charge in [-0.3, -0.25) is 0 Å². The summed E-state index contributed by atoms with van der Waals surface area (Å²) >= 11 is 0. The molecule has 0 amide bonds. The average molecular weight is 720 g/mol. The third-order valence-electron chi connectivity index (χ3n) is 11.0. The van der Waals surface area contributed by atoms with Crippen molar-refractivity contribution in [2.24, 2.45) is 0 Å². The summed E-state index contributed by atoms with van der Waals surface area (Å²) in [7, 11) is -2.75. The van der Waals surface area contributed by atoms with Gasteiger partial charge in [-0.05, 0) is 90.9 Å². The zero-order chi connectivity index (χ0) is 36.6. The molecular weight excluding hydrogens is 683 g/mol. The molecule has 1 heterocycles. The van der Waals surface area contributed by atoms with Crippen LogP contribution in [0.2, 0.25) is 0 Å². The molecule has 2 nitrogen and oxygen atoms in total. The number of fused-ring (bicyclic) bond motifs is 3. The molecule has 9 aromatic carbocycles. The van der Waals surface area contributed by atoms with E-state index in [1.54, 1.807) is 0 Å². The van der Waals surface area contributed by atoms with Gasteiger partial charge in [-0.15, -0.1) is 0 Å². The molecule has 0 radical (unpaired) electrons. The van der Waals surface area contributed by atoms with Crippen LogP contribution in [0.4, 0.5) is 17.1 Å². The van der Waals surface area contributed by atoms with Crippen molar-refractivity contribution in [1.82, 2.24) is 0 Å². The number of benzene rings is 9. The average Bonchev–Trinajstić information content (AvgIpc) is 3.27. The van der Waals surface area contributed by atoms with E-state index in [-0.39, 0.29) is 0 Å². The highest BCUT2D eigenvalue weighted by molar-refractivity contribution is 7.20. The van der Waals surface area contributed by atoms with E-state index in [2.05, 4.69) is 229 Å². The van der Waals surface area contributed by atoms with E-state index in [0.717, 1.165) is 34.1 Å². The molecule has 0 unspecified atom stereocenters. The lowest BCUT2D eigenvalue weighted by atomic mass is 10.0. The third-order valence-corrected chi connectivity index (χ3v) is 15.8. The van der Waals surface area contributed by atoms with E-state index >= 15 is 0 Å². The molecular formula is C52H37NOSi. The minimum absolute atomic E-state index is 0.930. The van der Waals surface area contributed by atoms with Crippen LogP contribution in [0.1, 0.15) is 0 Å². The molecule has 0 aliphatic carbocycles. The third kappa shape index (κ3) is 5.65. The van der Waals surface area contributed by atoms with Crippen LogP contribution in [0.15, 0.2) is 224 Å². The fourth-order valence-electron chi connectivity index (χ4n) is 8.45. The lowest BCUT2D eigenvalue weighted by molar-refractivity contribution is 0.487. The molecule has 0 spiro atoms. The summed E-state index contributed by atoms with van der Waals surface area (Å²) in [6.45, 7) is 0. The first-order valence-electron chi connectivity index (χ1n) is 18.8. The second-order valence-electron chi connectivity index (χ2n) is 14.1. The number of hydrogen-bond acceptors (Lipinski definition) is 2. The van der Waals surface area contributed by atoms with Crippen LogP contribution in [0.25, 0.3) is 33.0 Å². The normalized spacial score (nSPS) is 12.7. The van der Waals surface area contributed by atoms with Crippen molar-refractivity contribution in [3.8, 4) is 33.8 Å². The molecule has 1 aliphatic rings. The van der Waals surface area contributed by atoms with Gasteiger partial charge in [0, 0.05) is 16.8 Å². The van der Waals surface area contributed by atoms with Gasteiger partial charge in [0.15, 0.2) is 8.07 Å². The molecule has 0 fully saturated rings. The molecule has 0 aromatic heterocycles. The Hall–Kier alpha value is -6.94. The van der Waals surface area contributed by atoms with Crippen molar-refractivity contribution in [3.63, 3.8) is 0 Å². The maximum atomic E-state index is 6.71. The van der Waals surface area contributed by atoms with Crippen molar-refractivity contribution >= 4 is 56.7 Å². The van der Waals surface area contributed by atoms with Crippen molar-refractivity contribution in [2.75, 3.05) is 4.90 Å². The molecule has 0 saturated heterocycles. The summed E-state index contributed by atoms with van der Waals surface area (Å²) < 4.78 is 6.71. The Kier molecular flexibility index (Phi) is 8.20. The van der Waals surface area contributed by atoms with E-state index in [4.69, 9.17) is 4.74 Å². The van der Waals surface area contributed by atoms with Crippen LogP contribution in [0, 0.1) is 0 Å². The predicted octanol–water partition coefficient (Wildman–Crippen LogP) is 11.1. The second kappa shape index (κ2) is 13.8. The Morgan fingerprint density at radius 2 is 0.836 bits per heavy atom. The standard InChI is InChI=1S/C52H37NOSi/c1-4-15-38(16-5-1)39-27-32-43(33-28-39)53(48-24-14-18-41-17-10-11-23-47(41)48)44-34-29-40(30-35-44)42-31-36-50-52(37-42)55(45-19-6-2-7-20-45,46-21-8-3-9-22-46)51-26-13-12-25-49(51)54-50/h1-37H. The van der Waals surface area contributed by atoms with Crippen LogP contribution < -0.4 is 30.4 Å². The number of rotatable bonds is 7. The fraction of sp³-hybridized carbons (Fsp3) is 0. The topological polar surface area (TPSA) is 12.5 Å². The molecule has 55 heavy (non-hydrogen) atoms.